The fourth-order valence-electron chi connectivity index (χ4n) is 2.12. The van der Waals surface area contributed by atoms with Crippen LogP contribution in [0, 0.1) is 23.7 Å². The lowest BCUT2D eigenvalue weighted by atomic mass is 10.2. The Labute approximate surface area is 146 Å². The van der Waals surface area contributed by atoms with E-state index in [1.165, 1.54) is 4.68 Å². The highest BCUT2D eigenvalue weighted by molar-refractivity contribution is 6.38. The number of aromatic nitrogens is 2. The highest BCUT2D eigenvalue weighted by atomic mass is 35.5. The van der Waals surface area contributed by atoms with Crippen molar-refractivity contribution in [1.82, 2.24) is 9.78 Å². The molecule has 0 bridgehead atoms. The Hall–Kier alpha value is -2.35. The van der Waals surface area contributed by atoms with Crippen LogP contribution >= 0.6 is 23.2 Å². The predicted octanol–water partition coefficient (Wildman–Crippen LogP) is 4.12. The number of hydrogen-bond acceptors (Lipinski definition) is 3. The maximum Gasteiger partial charge on any atom is 0.416 e. The van der Waals surface area contributed by atoms with Crippen LogP contribution in [0.15, 0.2) is 12.1 Å². The van der Waals surface area contributed by atoms with Gasteiger partial charge in [-0.1, -0.05) is 29.1 Å². The molecule has 0 amide bonds. The van der Waals surface area contributed by atoms with Crippen molar-refractivity contribution < 1.29 is 13.2 Å². The first kappa shape index (κ1) is 18.0. The Morgan fingerprint density at radius 1 is 1.25 bits per heavy atom. The summed E-state index contributed by atoms with van der Waals surface area (Å²) in [7, 11) is 3.28. The molecule has 0 aliphatic carbocycles. The summed E-state index contributed by atoms with van der Waals surface area (Å²) in [5.41, 5.74) is -0.853. The molecule has 1 heterocycles. The van der Waals surface area contributed by atoms with E-state index in [4.69, 9.17) is 34.9 Å². The lowest BCUT2D eigenvalue weighted by Crippen LogP contribution is -2.16. The maximum absolute atomic E-state index is 12.8. The number of benzene rings is 1. The van der Waals surface area contributed by atoms with Crippen molar-refractivity contribution in [3.63, 3.8) is 0 Å². The molecule has 1 aromatic heterocycles. The van der Waals surface area contributed by atoms with E-state index in [-0.39, 0.29) is 27.0 Å². The lowest BCUT2D eigenvalue weighted by molar-refractivity contribution is -0.137. The zero-order valence-corrected chi connectivity index (χ0v) is 13.9. The average Bonchev–Trinajstić information content (AvgIpc) is 2.83. The molecular formula is C15H9Cl2F3N4. The summed E-state index contributed by atoms with van der Waals surface area (Å²) in [5.74, 6) is 2.65. The number of hydrogen-bond donors (Lipinski definition) is 0. The Bertz CT molecular complexity index is 863. The Balaban J connectivity index is 2.82. The molecule has 0 fully saturated rings. The third kappa shape index (κ3) is 3.01. The van der Waals surface area contributed by atoms with Gasteiger partial charge < -0.3 is 4.90 Å². The SMILES string of the molecule is C#Cc1c(C#N)nn(-c2c(Cl)cc(C(F)(F)F)cc2Cl)c1N(C)C. The van der Waals surface area contributed by atoms with Crippen LogP contribution in [-0.2, 0) is 6.18 Å². The number of anilines is 1. The summed E-state index contributed by atoms with van der Waals surface area (Å²) in [4.78, 5) is 1.56. The van der Waals surface area contributed by atoms with Crippen molar-refractivity contribution in [2.45, 2.75) is 6.18 Å². The third-order valence-corrected chi connectivity index (χ3v) is 3.67. The van der Waals surface area contributed by atoms with Gasteiger partial charge in [0, 0.05) is 14.1 Å². The molecule has 124 valence electrons. The first-order chi connectivity index (χ1) is 11.1. The Morgan fingerprint density at radius 2 is 1.79 bits per heavy atom. The van der Waals surface area contributed by atoms with E-state index in [0.717, 1.165) is 12.1 Å². The van der Waals surface area contributed by atoms with Crippen LogP contribution in [0.3, 0.4) is 0 Å². The number of nitrogens with zero attached hydrogens (tertiary/aromatic N) is 4. The van der Waals surface area contributed by atoms with E-state index >= 15 is 0 Å². The van der Waals surface area contributed by atoms with Crippen molar-refractivity contribution in [3.05, 3.63) is 39.0 Å². The van der Waals surface area contributed by atoms with Crippen molar-refractivity contribution in [3.8, 4) is 24.1 Å². The molecule has 24 heavy (non-hydrogen) atoms. The normalized spacial score (nSPS) is 11.0. The molecule has 0 aliphatic rings. The van der Waals surface area contributed by atoms with Gasteiger partial charge in [-0.3, -0.25) is 0 Å². The molecule has 4 nitrogen and oxygen atoms in total. The second-order valence-electron chi connectivity index (χ2n) is 4.90. The Kier molecular flexibility index (Phi) is 4.70. The van der Waals surface area contributed by atoms with Gasteiger partial charge in [-0.15, -0.1) is 6.42 Å². The zero-order chi connectivity index (χ0) is 18.2. The summed E-state index contributed by atoms with van der Waals surface area (Å²) >= 11 is 12.0. The molecule has 0 radical (unpaired) electrons. The van der Waals surface area contributed by atoms with E-state index in [1.54, 1.807) is 19.0 Å². The number of alkyl halides is 3. The molecule has 0 atom stereocenters. The van der Waals surface area contributed by atoms with Gasteiger partial charge in [0.1, 0.15) is 23.1 Å². The largest absolute Gasteiger partial charge is 0.416 e. The second kappa shape index (κ2) is 6.27. The van der Waals surface area contributed by atoms with Crippen LogP contribution in [0.5, 0.6) is 0 Å². The molecule has 2 aromatic rings. The van der Waals surface area contributed by atoms with Crippen molar-refractivity contribution in [2.75, 3.05) is 19.0 Å². The fraction of sp³-hybridized carbons (Fsp3) is 0.200. The monoisotopic (exact) mass is 372 g/mol. The van der Waals surface area contributed by atoms with Gasteiger partial charge in [0.15, 0.2) is 5.69 Å². The zero-order valence-electron chi connectivity index (χ0n) is 12.4. The highest BCUT2D eigenvalue weighted by Gasteiger charge is 2.33. The first-order valence-electron chi connectivity index (χ1n) is 6.35. The number of terminal acetylenes is 1. The van der Waals surface area contributed by atoms with Crippen LogP contribution in [0.1, 0.15) is 16.8 Å². The van der Waals surface area contributed by atoms with E-state index in [1.807, 2.05) is 6.07 Å². The van der Waals surface area contributed by atoms with Gasteiger partial charge in [-0.05, 0) is 12.1 Å². The van der Waals surface area contributed by atoms with Crippen LogP contribution in [0.2, 0.25) is 10.0 Å². The van der Waals surface area contributed by atoms with Gasteiger partial charge in [0.25, 0.3) is 0 Å². The molecule has 0 aliphatic heterocycles. The van der Waals surface area contributed by atoms with Gasteiger partial charge in [0.05, 0.1) is 15.6 Å². The van der Waals surface area contributed by atoms with Crippen LogP contribution < -0.4 is 4.90 Å². The molecule has 0 saturated carbocycles. The minimum atomic E-state index is -4.60. The van der Waals surface area contributed by atoms with Gasteiger partial charge in [0.2, 0.25) is 0 Å². The average molecular weight is 373 g/mol. The fourth-order valence-corrected chi connectivity index (χ4v) is 2.77. The summed E-state index contributed by atoms with van der Waals surface area (Å²) in [5, 5.41) is 12.6. The lowest BCUT2D eigenvalue weighted by Gasteiger charge is -2.18. The van der Waals surface area contributed by atoms with E-state index in [9.17, 15) is 13.2 Å². The highest BCUT2D eigenvalue weighted by Crippen LogP contribution is 2.39. The Morgan fingerprint density at radius 3 is 2.17 bits per heavy atom. The maximum atomic E-state index is 12.8. The summed E-state index contributed by atoms with van der Waals surface area (Å²) in [6.07, 6.45) is 0.823. The standard InChI is InChI=1S/C15H9Cl2F3N4/c1-4-9-12(7-21)22-24(14(9)23(2)3)13-10(16)5-8(6-11(13)17)15(18,19)20/h1,5-6H,2-3H3. The first-order valence-corrected chi connectivity index (χ1v) is 7.11. The number of nitriles is 1. The van der Waals surface area contributed by atoms with Crippen molar-refractivity contribution in [1.29, 1.82) is 5.26 Å². The molecule has 2 rings (SSSR count). The predicted molar refractivity (Wildman–Crippen MR) is 85.6 cm³/mol. The van der Waals surface area contributed by atoms with Gasteiger partial charge in [-0.25, -0.2) is 4.68 Å². The molecule has 0 N–H and O–H groups in total. The van der Waals surface area contributed by atoms with E-state index < -0.39 is 11.7 Å². The molecule has 0 unspecified atom stereocenters. The molecule has 0 spiro atoms. The van der Waals surface area contributed by atoms with E-state index in [2.05, 4.69) is 11.0 Å². The third-order valence-electron chi connectivity index (χ3n) is 3.09. The van der Waals surface area contributed by atoms with Crippen LogP contribution in [0.4, 0.5) is 19.0 Å². The molecule has 0 saturated heterocycles. The van der Waals surface area contributed by atoms with Crippen LogP contribution in [-0.4, -0.2) is 23.9 Å². The number of halogens is 5. The summed E-state index contributed by atoms with van der Waals surface area (Å²) in [6, 6.07) is 3.32. The summed E-state index contributed by atoms with van der Waals surface area (Å²) < 4.78 is 39.7. The van der Waals surface area contributed by atoms with Crippen LogP contribution in [0.25, 0.3) is 5.69 Å². The smallest absolute Gasteiger partial charge is 0.362 e. The van der Waals surface area contributed by atoms with Gasteiger partial charge in [-0.2, -0.15) is 23.5 Å². The quantitative estimate of drug-likeness (QED) is 0.744. The van der Waals surface area contributed by atoms with Gasteiger partial charge >= 0.3 is 6.18 Å². The molecule has 1 aromatic carbocycles. The molecular weight excluding hydrogens is 364 g/mol. The van der Waals surface area contributed by atoms with Crippen molar-refractivity contribution >= 4 is 29.0 Å². The minimum Gasteiger partial charge on any atom is -0.362 e. The summed E-state index contributed by atoms with van der Waals surface area (Å²) in [6.45, 7) is 0. The topological polar surface area (TPSA) is 44.9 Å². The number of rotatable bonds is 2. The minimum absolute atomic E-state index is 0.00744. The van der Waals surface area contributed by atoms with E-state index in [0.29, 0.717) is 5.82 Å². The second-order valence-corrected chi connectivity index (χ2v) is 5.71. The van der Waals surface area contributed by atoms with Crippen molar-refractivity contribution in [2.24, 2.45) is 0 Å². The molecule has 9 heteroatoms.